The average molecular weight is 762 g/mol. The van der Waals surface area contributed by atoms with Crippen molar-refractivity contribution in [1.82, 2.24) is 4.98 Å². The number of hydrogen-bond acceptors (Lipinski definition) is 5. The van der Waals surface area contributed by atoms with Crippen LogP contribution >= 0.6 is 0 Å². The number of nitrogens with zero attached hydrogens (tertiary/aromatic N) is 3. The molecule has 0 amide bonds. The molecule has 0 N–H and O–H groups in total. The molecule has 0 bridgehead atoms. The van der Waals surface area contributed by atoms with Crippen LogP contribution in [0.1, 0.15) is 141 Å². The minimum atomic E-state index is -1.82. The van der Waals surface area contributed by atoms with Gasteiger partial charge in [-0.15, -0.1) is 0 Å². The summed E-state index contributed by atoms with van der Waals surface area (Å²) < 4.78 is 33.6. The molecule has 0 radical (unpaired) electrons. The van der Waals surface area contributed by atoms with Gasteiger partial charge >= 0.3 is 0 Å². The van der Waals surface area contributed by atoms with E-state index in [1.807, 2.05) is 31.3 Å². The molecule has 3 heterocycles. The number of rotatable bonds is 4. The van der Waals surface area contributed by atoms with Gasteiger partial charge in [-0.25, -0.2) is 9.98 Å². The van der Waals surface area contributed by atoms with Crippen LogP contribution < -0.4 is 9.64 Å². The third-order valence-corrected chi connectivity index (χ3v) is 12.8. The molecule has 5 heteroatoms. The molecule has 2 atom stereocenters. The zero-order valence-electron chi connectivity index (χ0n) is 38.7. The van der Waals surface area contributed by atoms with Crippen LogP contribution in [0.5, 0.6) is 11.5 Å². The van der Waals surface area contributed by atoms with E-state index in [0.717, 1.165) is 50.6 Å². The molecule has 0 fully saturated rings. The van der Waals surface area contributed by atoms with E-state index in [4.69, 9.17) is 19.5 Å². The highest BCUT2D eigenvalue weighted by Gasteiger charge is 2.66. The summed E-state index contributed by atoms with van der Waals surface area (Å²) in [5, 5.41) is 0. The molecule has 296 valence electrons. The Morgan fingerprint density at radius 1 is 0.719 bits per heavy atom. The lowest BCUT2D eigenvalue weighted by Crippen LogP contribution is -2.54. The Hall–Kier alpha value is -4.90. The largest absolute Gasteiger partial charge is 0.467 e. The lowest BCUT2D eigenvalue weighted by molar-refractivity contribution is -0.0673. The first-order valence-electron chi connectivity index (χ1n) is 21.5. The minimum Gasteiger partial charge on any atom is -0.467 e. The monoisotopic (exact) mass is 761 g/mol. The van der Waals surface area contributed by atoms with Gasteiger partial charge in [0.25, 0.3) is 0 Å². The summed E-state index contributed by atoms with van der Waals surface area (Å²) in [4.78, 5) is 12.7. The van der Waals surface area contributed by atoms with Gasteiger partial charge in [-0.05, 0) is 125 Å². The Labute approximate surface area is 344 Å². The number of fused-ring (bicyclic) bond motifs is 5. The maximum absolute atomic E-state index is 9.79. The van der Waals surface area contributed by atoms with Gasteiger partial charge in [0.1, 0.15) is 28.5 Å². The summed E-state index contributed by atoms with van der Waals surface area (Å²) >= 11 is 0. The van der Waals surface area contributed by atoms with Crippen molar-refractivity contribution in [2.75, 3.05) is 4.90 Å². The van der Waals surface area contributed by atoms with E-state index >= 15 is 0 Å². The van der Waals surface area contributed by atoms with Crippen molar-refractivity contribution in [3.8, 4) is 11.5 Å². The predicted octanol–water partition coefficient (Wildman–Crippen LogP) is 13.5. The molecule has 1 aromatic heterocycles. The minimum absolute atomic E-state index is 0.00305. The van der Waals surface area contributed by atoms with Crippen molar-refractivity contribution in [2.45, 2.75) is 138 Å². The maximum Gasteiger partial charge on any atom is 0.217 e. The van der Waals surface area contributed by atoms with E-state index in [2.05, 4.69) is 162 Å². The van der Waals surface area contributed by atoms with Crippen LogP contribution in [0, 0.1) is 26.2 Å². The van der Waals surface area contributed by atoms with Gasteiger partial charge in [0, 0.05) is 43.3 Å². The highest BCUT2D eigenvalue weighted by Crippen LogP contribution is 2.61. The number of anilines is 3. The molecule has 57 heavy (non-hydrogen) atoms. The van der Waals surface area contributed by atoms with Gasteiger partial charge in [-0.1, -0.05) is 106 Å². The number of aromatic nitrogens is 1. The van der Waals surface area contributed by atoms with E-state index in [1.165, 1.54) is 16.7 Å². The third kappa shape index (κ3) is 6.10. The summed E-state index contributed by atoms with van der Waals surface area (Å²) in [6.45, 7) is 32.5. The Balaban J connectivity index is 1.25. The van der Waals surface area contributed by atoms with Crippen LogP contribution in [0.15, 0.2) is 90.1 Å². The fraction of sp³-hybridized carbons (Fsp3) is 0.423. The Morgan fingerprint density at radius 3 is 2.09 bits per heavy atom. The number of hydrogen-bond donors (Lipinski definition) is 0. The second-order valence-corrected chi connectivity index (χ2v) is 20.5. The van der Waals surface area contributed by atoms with E-state index < -0.39 is 22.9 Å². The molecule has 0 unspecified atom stereocenters. The number of ether oxygens (including phenoxy) is 2. The van der Waals surface area contributed by atoms with E-state index in [-0.39, 0.29) is 16.2 Å². The Morgan fingerprint density at radius 2 is 1.40 bits per heavy atom. The molecule has 0 spiro atoms. The SMILES string of the molecule is [2H]C1([2H])c2cc(C)c(C)cc2[C@@]2(C)N=C(c3cc(Oc4cc(C)cc(N5c6ccc(C(C)(C)C)cc6C(C)(C)c6cccnc65)c4)cc(C(C)(C)C)c3)O[C@@]12C(C)(C)C. The first-order chi connectivity index (χ1) is 27.2. The highest BCUT2D eigenvalue weighted by molar-refractivity contribution is 5.97. The van der Waals surface area contributed by atoms with Gasteiger partial charge < -0.3 is 9.47 Å². The van der Waals surface area contributed by atoms with Crippen LogP contribution in [-0.4, -0.2) is 16.5 Å². The van der Waals surface area contributed by atoms with Gasteiger partial charge in [0.2, 0.25) is 5.90 Å². The molecule has 5 nitrogen and oxygen atoms in total. The van der Waals surface area contributed by atoms with Crippen LogP contribution in [0.3, 0.4) is 0 Å². The smallest absolute Gasteiger partial charge is 0.217 e. The molecule has 2 aliphatic heterocycles. The highest BCUT2D eigenvalue weighted by atomic mass is 16.5. The van der Waals surface area contributed by atoms with Crippen molar-refractivity contribution in [3.05, 3.63) is 141 Å². The normalized spacial score (nSPS) is 22.4. The van der Waals surface area contributed by atoms with Gasteiger partial charge in [0.05, 0.1) is 11.4 Å². The lowest BCUT2D eigenvalue weighted by atomic mass is 9.66. The summed E-state index contributed by atoms with van der Waals surface area (Å²) in [5.74, 6) is 2.70. The number of pyridine rings is 1. The molecule has 4 aromatic carbocycles. The van der Waals surface area contributed by atoms with Crippen LogP contribution in [0.2, 0.25) is 0 Å². The molecule has 8 rings (SSSR count). The first-order valence-corrected chi connectivity index (χ1v) is 20.5. The van der Waals surface area contributed by atoms with Crippen molar-refractivity contribution < 1.29 is 12.2 Å². The summed E-state index contributed by atoms with van der Waals surface area (Å²) in [6.07, 6.45) is 0.0592. The van der Waals surface area contributed by atoms with E-state index in [0.29, 0.717) is 23.0 Å². The predicted molar refractivity (Wildman–Crippen MR) is 236 cm³/mol. The zero-order valence-corrected chi connectivity index (χ0v) is 36.7. The second-order valence-electron chi connectivity index (χ2n) is 20.5. The summed E-state index contributed by atoms with van der Waals surface area (Å²) in [6, 6.07) is 27.9. The van der Waals surface area contributed by atoms with Gasteiger partial charge in [0.15, 0.2) is 0 Å². The van der Waals surface area contributed by atoms with Crippen molar-refractivity contribution >= 4 is 23.1 Å². The van der Waals surface area contributed by atoms with E-state index in [9.17, 15) is 2.74 Å². The fourth-order valence-electron chi connectivity index (χ4n) is 9.20. The number of aryl methyl sites for hydroxylation is 3. The summed E-state index contributed by atoms with van der Waals surface area (Å²) in [5.41, 5.74) is 9.04. The molecule has 1 aliphatic carbocycles. The second kappa shape index (κ2) is 12.5. The van der Waals surface area contributed by atoms with Crippen LogP contribution in [-0.2, 0) is 32.9 Å². The summed E-state index contributed by atoms with van der Waals surface area (Å²) in [7, 11) is 0. The third-order valence-electron chi connectivity index (χ3n) is 12.8. The van der Waals surface area contributed by atoms with Crippen molar-refractivity contribution in [2.24, 2.45) is 10.4 Å². The topological polar surface area (TPSA) is 47.0 Å². The molecular formula is C52H61N3O2. The molecule has 0 saturated heterocycles. The van der Waals surface area contributed by atoms with Crippen molar-refractivity contribution in [1.29, 1.82) is 0 Å². The van der Waals surface area contributed by atoms with E-state index in [1.54, 1.807) is 0 Å². The molecule has 0 saturated carbocycles. The molecule has 5 aromatic rings. The van der Waals surface area contributed by atoms with Gasteiger partial charge in [-0.2, -0.15) is 0 Å². The standard InChI is InChI=1S/C52H61N3O2/c1-31-21-38(55-44-19-18-36(47(4,5)6)28-43(44)50(13,14)41-17-16-20-53-45(41)55)29-39(22-31)56-40-26-34(25-37(27-40)48(7,8)9)46-54-51(15)42-24-33(3)32(2)23-35(42)30-52(51,57-46)49(10,11)12/h16-29H,30H2,1-15H3/t51-,52-/m1/s1/i30D2. The van der Waals surface area contributed by atoms with Crippen LogP contribution in [0.4, 0.5) is 17.2 Å². The Kier molecular flexibility index (Phi) is 8.02. The van der Waals surface area contributed by atoms with Crippen molar-refractivity contribution in [3.63, 3.8) is 0 Å². The molecular weight excluding hydrogens is 699 g/mol. The first kappa shape index (κ1) is 36.4. The lowest BCUT2D eigenvalue weighted by Gasteiger charge is -2.45. The van der Waals surface area contributed by atoms with Gasteiger partial charge in [-0.3, -0.25) is 4.90 Å². The maximum atomic E-state index is 9.79. The Bertz CT molecular complexity index is 2580. The van der Waals surface area contributed by atoms with Crippen LogP contribution in [0.25, 0.3) is 0 Å². The average Bonchev–Trinajstić information content (AvgIpc) is 3.53. The fourth-order valence-corrected chi connectivity index (χ4v) is 9.20. The molecule has 3 aliphatic rings. The zero-order chi connectivity index (χ0) is 43.0. The quantitative estimate of drug-likeness (QED) is 0.183. The number of aliphatic imine (C=N–C) groups is 1. The number of benzene rings is 4.